The normalized spacial score (nSPS) is 11.2. The Hall–Kier alpha value is -4.40. The van der Waals surface area contributed by atoms with Crippen LogP contribution in [0, 0.1) is 0 Å². The fourth-order valence-electron chi connectivity index (χ4n) is 3.49. The molecular weight excluding hydrogens is 456 g/mol. The summed E-state index contributed by atoms with van der Waals surface area (Å²) in [7, 11) is 0. The van der Waals surface area contributed by atoms with Gasteiger partial charge < -0.3 is 15.4 Å². The van der Waals surface area contributed by atoms with E-state index < -0.39 is 11.8 Å². The Morgan fingerprint density at radius 1 is 0.889 bits per heavy atom. The highest BCUT2D eigenvalue weighted by Crippen LogP contribution is 2.24. The SMILES string of the molecule is CCn1cc(NC(=O)c2ccn(COc3ccc(C(C)(C)C)cc3)n2)c(C(=O)Nc2ccccc2)n1. The lowest BCUT2D eigenvalue weighted by atomic mass is 9.87. The first kappa shape index (κ1) is 24.7. The van der Waals surface area contributed by atoms with Crippen molar-refractivity contribution in [1.82, 2.24) is 19.6 Å². The number of nitrogens with zero attached hydrogens (tertiary/aromatic N) is 4. The van der Waals surface area contributed by atoms with Crippen molar-refractivity contribution in [1.29, 1.82) is 0 Å². The van der Waals surface area contributed by atoms with Crippen molar-refractivity contribution in [2.75, 3.05) is 10.6 Å². The van der Waals surface area contributed by atoms with Crippen LogP contribution in [0.4, 0.5) is 11.4 Å². The molecule has 0 saturated heterocycles. The molecule has 0 aliphatic heterocycles. The molecule has 0 fully saturated rings. The minimum atomic E-state index is -0.451. The summed E-state index contributed by atoms with van der Waals surface area (Å²) in [6.07, 6.45) is 3.29. The molecule has 9 heteroatoms. The number of aryl methyl sites for hydroxylation is 1. The van der Waals surface area contributed by atoms with E-state index >= 15 is 0 Å². The van der Waals surface area contributed by atoms with Crippen LogP contribution < -0.4 is 15.4 Å². The van der Waals surface area contributed by atoms with Crippen molar-refractivity contribution in [3.05, 3.63) is 90.0 Å². The number of carbonyl (C=O) groups is 2. The second-order valence-corrected chi connectivity index (χ2v) is 9.31. The van der Waals surface area contributed by atoms with Gasteiger partial charge in [0.05, 0.1) is 5.69 Å². The number of hydrogen-bond acceptors (Lipinski definition) is 5. The van der Waals surface area contributed by atoms with Gasteiger partial charge >= 0.3 is 0 Å². The van der Waals surface area contributed by atoms with E-state index in [-0.39, 0.29) is 23.5 Å². The van der Waals surface area contributed by atoms with E-state index in [2.05, 4.69) is 41.6 Å². The molecule has 0 unspecified atom stereocenters. The van der Waals surface area contributed by atoms with E-state index in [0.29, 0.717) is 23.7 Å². The van der Waals surface area contributed by atoms with Gasteiger partial charge in [0.1, 0.15) is 5.75 Å². The van der Waals surface area contributed by atoms with Crippen molar-refractivity contribution >= 4 is 23.2 Å². The van der Waals surface area contributed by atoms with Crippen molar-refractivity contribution in [2.45, 2.75) is 46.4 Å². The monoisotopic (exact) mass is 486 g/mol. The zero-order chi connectivity index (χ0) is 25.7. The predicted octanol–water partition coefficient (Wildman–Crippen LogP) is 4.94. The van der Waals surface area contributed by atoms with Gasteiger partial charge in [-0.1, -0.05) is 51.1 Å². The maximum absolute atomic E-state index is 12.9. The zero-order valence-corrected chi connectivity index (χ0v) is 20.9. The molecule has 2 heterocycles. The highest BCUT2D eigenvalue weighted by Gasteiger charge is 2.20. The smallest absolute Gasteiger partial charge is 0.278 e. The van der Waals surface area contributed by atoms with Crippen LogP contribution in [0.15, 0.2) is 73.1 Å². The van der Waals surface area contributed by atoms with Gasteiger partial charge in [-0.2, -0.15) is 10.2 Å². The molecular formula is C27H30N6O3. The van der Waals surface area contributed by atoms with Gasteiger partial charge in [0.15, 0.2) is 18.1 Å². The van der Waals surface area contributed by atoms with E-state index in [1.807, 2.05) is 49.4 Å². The minimum Gasteiger partial charge on any atom is -0.471 e. The average Bonchev–Trinajstić information content (AvgIpc) is 3.50. The molecule has 9 nitrogen and oxygen atoms in total. The lowest BCUT2D eigenvalue weighted by molar-refractivity contribution is 0.102. The molecule has 0 atom stereocenters. The van der Waals surface area contributed by atoms with Gasteiger partial charge in [-0.3, -0.25) is 14.3 Å². The Kier molecular flexibility index (Phi) is 7.19. The lowest BCUT2D eigenvalue weighted by Gasteiger charge is -2.19. The summed E-state index contributed by atoms with van der Waals surface area (Å²) in [5.74, 6) is -0.154. The lowest BCUT2D eigenvalue weighted by Crippen LogP contribution is -2.18. The number of benzene rings is 2. The van der Waals surface area contributed by atoms with Gasteiger partial charge in [-0.15, -0.1) is 0 Å². The largest absolute Gasteiger partial charge is 0.471 e. The van der Waals surface area contributed by atoms with Gasteiger partial charge in [0.2, 0.25) is 0 Å². The Labute approximate surface area is 210 Å². The van der Waals surface area contributed by atoms with Gasteiger partial charge in [0.25, 0.3) is 11.8 Å². The average molecular weight is 487 g/mol. The van der Waals surface area contributed by atoms with Crippen LogP contribution in [0.1, 0.15) is 54.2 Å². The van der Waals surface area contributed by atoms with Crippen molar-refractivity contribution < 1.29 is 14.3 Å². The number of anilines is 2. The maximum Gasteiger partial charge on any atom is 0.278 e. The van der Waals surface area contributed by atoms with Crippen LogP contribution in [0.5, 0.6) is 5.75 Å². The van der Waals surface area contributed by atoms with Crippen molar-refractivity contribution in [3.8, 4) is 5.75 Å². The molecule has 0 radical (unpaired) electrons. The molecule has 2 aromatic carbocycles. The van der Waals surface area contributed by atoms with E-state index in [1.54, 1.807) is 35.3 Å². The van der Waals surface area contributed by atoms with Gasteiger partial charge in [0, 0.05) is 24.6 Å². The third-order valence-electron chi connectivity index (χ3n) is 5.54. The van der Waals surface area contributed by atoms with E-state index in [0.717, 1.165) is 0 Å². The van der Waals surface area contributed by atoms with Crippen LogP contribution in [-0.2, 0) is 18.7 Å². The Morgan fingerprint density at radius 3 is 2.28 bits per heavy atom. The Balaban J connectivity index is 1.40. The summed E-state index contributed by atoms with van der Waals surface area (Å²) < 4.78 is 8.92. The minimum absolute atomic E-state index is 0.0679. The van der Waals surface area contributed by atoms with Crippen LogP contribution in [0.3, 0.4) is 0 Å². The predicted molar refractivity (Wildman–Crippen MR) is 138 cm³/mol. The second-order valence-electron chi connectivity index (χ2n) is 9.31. The van der Waals surface area contributed by atoms with E-state index in [1.165, 1.54) is 10.2 Å². The topological polar surface area (TPSA) is 103 Å². The molecule has 36 heavy (non-hydrogen) atoms. The van der Waals surface area contributed by atoms with Crippen LogP contribution in [-0.4, -0.2) is 31.4 Å². The summed E-state index contributed by atoms with van der Waals surface area (Å²) in [4.78, 5) is 25.7. The summed E-state index contributed by atoms with van der Waals surface area (Å²) in [5.41, 5.74) is 2.54. The number of carbonyl (C=O) groups excluding carboxylic acids is 2. The first-order valence-electron chi connectivity index (χ1n) is 11.7. The molecule has 2 aromatic heterocycles. The molecule has 0 bridgehead atoms. The number of nitrogens with one attached hydrogen (secondary N) is 2. The summed E-state index contributed by atoms with van der Waals surface area (Å²) in [5, 5.41) is 14.2. The van der Waals surface area contributed by atoms with E-state index in [4.69, 9.17) is 4.74 Å². The number of rotatable bonds is 8. The second kappa shape index (κ2) is 10.5. The van der Waals surface area contributed by atoms with Crippen LogP contribution in [0.2, 0.25) is 0 Å². The van der Waals surface area contributed by atoms with Gasteiger partial charge in [-0.05, 0) is 48.2 Å². The first-order chi connectivity index (χ1) is 17.2. The molecule has 2 amide bonds. The third-order valence-corrected chi connectivity index (χ3v) is 5.54. The third kappa shape index (κ3) is 5.99. The maximum atomic E-state index is 12.9. The van der Waals surface area contributed by atoms with Crippen LogP contribution in [0.25, 0.3) is 0 Å². The highest BCUT2D eigenvalue weighted by molar-refractivity contribution is 6.10. The highest BCUT2D eigenvalue weighted by atomic mass is 16.5. The van der Waals surface area contributed by atoms with Crippen LogP contribution >= 0.6 is 0 Å². The quantitative estimate of drug-likeness (QED) is 0.367. The number of hydrogen-bond donors (Lipinski definition) is 2. The number of amides is 2. The summed E-state index contributed by atoms with van der Waals surface area (Å²) in [6.45, 7) is 9.07. The Morgan fingerprint density at radius 2 is 1.61 bits per heavy atom. The van der Waals surface area contributed by atoms with E-state index in [9.17, 15) is 9.59 Å². The number of para-hydroxylation sites is 1. The van der Waals surface area contributed by atoms with Gasteiger partial charge in [-0.25, -0.2) is 4.68 Å². The standard InChI is InChI=1S/C27H30N6O3/c1-5-32-17-23(24(31-32)26(35)28-20-9-7-6-8-10-20)29-25(34)22-15-16-33(30-22)18-36-21-13-11-19(12-14-21)27(2,3)4/h6-17H,5,18H2,1-4H3,(H,28,35)(H,29,34). The number of aromatic nitrogens is 4. The van der Waals surface area contributed by atoms with Crippen molar-refractivity contribution in [3.63, 3.8) is 0 Å². The number of ether oxygens (including phenoxy) is 1. The molecule has 0 saturated carbocycles. The fraction of sp³-hybridized carbons (Fsp3) is 0.259. The fourth-order valence-corrected chi connectivity index (χ4v) is 3.49. The van der Waals surface area contributed by atoms with Crippen molar-refractivity contribution in [2.24, 2.45) is 0 Å². The molecule has 2 N–H and O–H groups in total. The molecule has 0 spiro atoms. The zero-order valence-electron chi connectivity index (χ0n) is 20.9. The summed E-state index contributed by atoms with van der Waals surface area (Å²) in [6, 6.07) is 18.6. The Bertz CT molecular complexity index is 1330. The molecule has 0 aliphatic carbocycles. The first-order valence-corrected chi connectivity index (χ1v) is 11.7. The molecule has 186 valence electrons. The molecule has 4 aromatic rings. The molecule has 0 aliphatic rings. The molecule has 4 rings (SSSR count). The summed E-state index contributed by atoms with van der Waals surface area (Å²) >= 11 is 0.